The maximum absolute atomic E-state index is 13.8. The van der Waals surface area contributed by atoms with Crippen LogP contribution in [0.15, 0.2) is 34.2 Å². The summed E-state index contributed by atoms with van der Waals surface area (Å²) in [5.74, 6) is 0.239. The van der Waals surface area contributed by atoms with Gasteiger partial charge in [0, 0.05) is 23.1 Å². The minimum Gasteiger partial charge on any atom is -0.369 e. The van der Waals surface area contributed by atoms with Gasteiger partial charge in [0.25, 0.3) is 5.56 Å². The molecule has 0 aliphatic heterocycles. The molecule has 2 heterocycles. The van der Waals surface area contributed by atoms with Crippen LogP contribution >= 0.6 is 11.8 Å². The standard InChI is InChI=1S/C22H25N5O2S/c1-2-26-19(29)17-18(27-20(26)24-25-21(27)30-13-16(23)28)15-9-5-4-8-14(15)12-22(17)10-6-3-7-11-22/h4-5,8-9H,2-3,6-7,10-13H2,1H3,(H2,23,28). The monoisotopic (exact) mass is 423 g/mol. The van der Waals surface area contributed by atoms with Crippen LogP contribution in [-0.4, -0.2) is 30.8 Å². The van der Waals surface area contributed by atoms with E-state index in [0.717, 1.165) is 48.9 Å². The van der Waals surface area contributed by atoms with Gasteiger partial charge in [0.15, 0.2) is 5.16 Å². The second kappa shape index (κ2) is 7.27. The average molecular weight is 424 g/mol. The Labute approximate surface area is 178 Å². The summed E-state index contributed by atoms with van der Waals surface area (Å²) in [7, 11) is 0. The maximum atomic E-state index is 13.8. The SMILES string of the molecule is CCn1c(=O)c2c(n3c(SCC(N)=O)nnc13)-c1ccccc1CC21CCCCC1. The number of thioether (sulfide) groups is 1. The summed E-state index contributed by atoms with van der Waals surface area (Å²) >= 11 is 1.27. The Hall–Kier alpha value is -2.61. The number of nitrogens with zero attached hydrogens (tertiary/aromatic N) is 4. The van der Waals surface area contributed by atoms with Gasteiger partial charge in [-0.25, -0.2) is 0 Å². The highest BCUT2D eigenvalue weighted by atomic mass is 32.2. The zero-order chi connectivity index (χ0) is 20.9. The summed E-state index contributed by atoms with van der Waals surface area (Å²) in [5, 5.41) is 9.29. The van der Waals surface area contributed by atoms with Crippen molar-refractivity contribution in [2.45, 2.75) is 62.6 Å². The number of rotatable bonds is 4. The molecular formula is C22H25N5O2S. The molecule has 2 aliphatic rings. The Bertz CT molecular complexity index is 1210. The number of benzene rings is 1. The third-order valence-corrected chi connectivity index (χ3v) is 7.53. The van der Waals surface area contributed by atoms with Gasteiger partial charge in [0.1, 0.15) is 0 Å². The molecule has 156 valence electrons. The maximum Gasteiger partial charge on any atom is 0.259 e. The van der Waals surface area contributed by atoms with Gasteiger partial charge in [-0.1, -0.05) is 55.3 Å². The van der Waals surface area contributed by atoms with Gasteiger partial charge in [-0.15, -0.1) is 10.2 Å². The van der Waals surface area contributed by atoms with Crippen LogP contribution < -0.4 is 11.3 Å². The van der Waals surface area contributed by atoms with E-state index in [1.165, 1.54) is 23.7 Å². The van der Waals surface area contributed by atoms with Gasteiger partial charge in [0.05, 0.1) is 11.4 Å². The van der Waals surface area contributed by atoms with Crippen molar-refractivity contribution in [2.24, 2.45) is 5.73 Å². The van der Waals surface area contributed by atoms with Crippen molar-refractivity contribution in [1.29, 1.82) is 0 Å². The van der Waals surface area contributed by atoms with E-state index in [1.54, 1.807) is 4.57 Å². The smallest absolute Gasteiger partial charge is 0.259 e. The minimum atomic E-state index is -0.404. The predicted molar refractivity (Wildman–Crippen MR) is 117 cm³/mol. The summed E-state index contributed by atoms with van der Waals surface area (Å²) < 4.78 is 3.71. The number of aryl methyl sites for hydroxylation is 1. The highest BCUT2D eigenvalue weighted by Gasteiger charge is 2.44. The zero-order valence-corrected chi connectivity index (χ0v) is 17.9. The zero-order valence-electron chi connectivity index (χ0n) is 17.1. The lowest BCUT2D eigenvalue weighted by molar-refractivity contribution is -0.115. The Morgan fingerprint density at radius 3 is 2.70 bits per heavy atom. The summed E-state index contributed by atoms with van der Waals surface area (Å²) in [6.45, 7) is 2.48. The molecule has 1 aromatic carbocycles. The van der Waals surface area contributed by atoms with E-state index >= 15 is 0 Å². The topological polar surface area (TPSA) is 95.3 Å². The summed E-state index contributed by atoms with van der Waals surface area (Å²) in [5.41, 5.74) is 9.42. The van der Waals surface area contributed by atoms with Gasteiger partial charge in [-0.3, -0.25) is 18.6 Å². The Morgan fingerprint density at radius 1 is 1.20 bits per heavy atom. The number of fused-ring (bicyclic) bond motifs is 6. The van der Waals surface area contributed by atoms with Gasteiger partial charge in [0.2, 0.25) is 11.7 Å². The van der Waals surface area contributed by atoms with Gasteiger partial charge in [-0.2, -0.15) is 0 Å². The Balaban J connectivity index is 1.89. The molecule has 8 heteroatoms. The largest absolute Gasteiger partial charge is 0.369 e. The summed E-state index contributed by atoms with van der Waals surface area (Å²) in [6, 6.07) is 8.34. The molecule has 1 saturated carbocycles. The Morgan fingerprint density at radius 2 is 1.97 bits per heavy atom. The first-order valence-electron chi connectivity index (χ1n) is 10.6. The lowest BCUT2D eigenvalue weighted by atomic mass is 9.62. The van der Waals surface area contributed by atoms with Crippen molar-refractivity contribution in [3.05, 3.63) is 45.7 Å². The van der Waals surface area contributed by atoms with Crippen LogP contribution in [0.4, 0.5) is 0 Å². The molecular weight excluding hydrogens is 398 g/mol. The van der Waals surface area contributed by atoms with Crippen LogP contribution in [0.3, 0.4) is 0 Å². The van der Waals surface area contributed by atoms with E-state index in [4.69, 9.17) is 5.73 Å². The molecule has 5 rings (SSSR count). The van der Waals surface area contributed by atoms with Crippen LogP contribution in [0.5, 0.6) is 0 Å². The molecule has 2 N–H and O–H groups in total. The van der Waals surface area contributed by atoms with Crippen molar-refractivity contribution in [3.8, 4) is 11.3 Å². The number of aromatic nitrogens is 4. The molecule has 0 unspecified atom stereocenters. The number of carbonyl (C=O) groups is 1. The molecule has 1 spiro atoms. The molecule has 7 nitrogen and oxygen atoms in total. The van der Waals surface area contributed by atoms with Gasteiger partial charge < -0.3 is 5.73 Å². The van der Waals surface area contributed by atoms with Crippen LogP contribution in [0.25, 0.3) is 17.0 Å². The van der Waals surface area contributed by atoms with Crippen molar-refractivity contribution in [2.75, 3.05) is 5.75 Å². The Kier molecular flexibility index (Phi) is 4.69. The predicted octanol–water partition coefficient (Wildman–Crippen LogP) is 2.91. The van der Waals surface area contributed by atoms with Crippen LogP contribution in [0, 0.1) is 0 Å². The number of hydrogen-bond donors (Lipinski definition) is 1. The van der Waals surface area contributed by atoms with Crippen LogP contribution in [0.1, 0.15) is 50.2 Å². The summed E-state index contributed by atoms with van der Waals surface area (Å²) in [6.07, 6.45) is 6.42. The normalized spacial score (nSPS) is 17.1. The lowest BCUT2D eigenvalue weighted by Gasteiger charge is -2.42. The number of hydrogen-bond acceptors (Lipinski definition) is 5. The molecule has 1 amide bonds. The van der Waals surface area contributed by atoms with Crippen molar-refractivity contribution >= 4 is 23.4 Å². The molecule has 0 bridgehead atoms. The van der Waals surface area contributed by atoms with Crippen molar-refractivity contribution in [3.63, 3.8) is 0 Å². The van der Waals surface area contributed by atoms with Crippen molar-refractivity contribution < 1.29 is 4.79 Å². The van der Waals surface area contributed by atoms with Crippen LogP contribution in [0.2, 0.25) is 0 Å². The molecule has 2 aromatic heterocycles. The molecule has 0 atom stereocenters. The van der Waals surface area contributed by atoms with Gasteiger partial charge >= 0.3 is 0 Å². The first-order valence-corrected chi connectivity index (χ1v) is 11.6. The second-order valence-corrected chi connectivity index (χ2v) is 9.26. The number of nitrogens with two attached hydrogens (primary N) is 1. The molecule has 0 radical (unpaired) electrons. The van der Waals surface area contributed by atoms with E-state index < -0.39 is 5.91 Å². The fourth-order valence-electron chi connectivity index (χ4n) is 5.33. The first kappa shape index (κ1) is 19.4. The molecule has 0 saturated heterocycles. The van der Waals surface area contributed by atoms with E-state index in [0.29, 0.717) is 17.5 Å². The second-order valence-electron chi connectivity index (χ2n) is 8.32. The molecule has 1 fully saturated rings. The van der Waals surface area contributed by atoms with E-state index in [1.807, 2.05) is 17.4 Å². The fraction of sp³-hybridized carbons (Fsp3) is 0.455. The van der Waals surface area contributed by atoms with Gasteiger partial charge in [-0.05, 0) is 31.7 Å². The average Bonchev–Trinajstić information content (AvgIpc) is 3.16. The molecule has 30 heavy (non-hydrogen) atoms. The quantitative estimate of drug-likeness (QED) is 0.651. The highest BCUT2D eigenvalue weighted by molar-refractivity contribution is 7.99. The molecule has 2 aliphatic carbocycles. The number of primary amides is 1. The van der Waals surface area contributed by atoms with E-state index in [9.17, 15) is 9.59 Å². The fourth-order valence-corrected chi connectivity index (χ4v) is 6.00. The first-order chi connectivity index (χ1) is 14.6. The van der Waals surface area contributed by atoms with Crippen molar-refractivity contribution in [1.82, 2.24) is 19.2 Å². The highest BCUT2D eigenvalue weighted by Crippen LogP contribution is 2.49. The molecule has 3 aromatic rings. The third kappa shape index (κ3) is 2.80. The van der Waals surface area contributed by atoms with E-state index in [-0.39, 0.29) is 16.7 Å². The minimum absolute atomic E-state index is 0.0512. The number of carbonyl (C=O) groups excluding carboxylic acids is 1. The van der Waals surface area contributed by atoms with Crippen LogP contribution in [-0.2, 0) is 23.2 Å². The summed E-state index contributed by atoms with van der Waals surface area (Å²) in [4.78, 5) is 25.2. The third-order valence-electron chi connectivity index (χ3n) is 6.58. The number of amides is 1. The lowest BCUT2D eigenvalue weighted by Crippen LogP contribution is -2.43. The van der Waals surface area contributed by atoms with E-state index in [2.05, 4.69) is 28.4 Å².